The number of hydrogen-bond acceptors (Lipinski definition) is 3. The lowest BCUT2D eigenvalue weighted by atomic mass is 10.0. The third-order valence-electron chi connectivity index (χ3n) is 3.19. The van der Waals surface area contributed by atoms with E-state index >= 15 is 0 Å². The molecule has 0 aliphatic carbocycles. The Balaban J connectivity index is 2.16. The number of benzene rings is 1. The van der Waals surface area contributed by atoms with Crippen molar-refractivity contribution in [2.75, 3.05) is 6.61 Å². The van der Waals surface area contributed by atoms with Gasteiger partial charge in [0.05, 0.1) is 13.2 Å². The predicted octanol–water partition coefficient (Wildman–Crippen LogP) is 1.51. The van der Waals surface area contributed by atoms with E-state index in [1.54, 1.807) is 12.1 Å². The average molecular weight is 245 g/mol. The van der Waals surface area contributed by atoms with Crippen LogP contribution in [0.5, 0.6) is 0 Å². The van der Waals surface area contributed by atoms with Gasteiger partial charge in [-0.2, -0.15) is 0 Å². The van der Waals surface area contributed by atoms with Gasteiger partial charge in [-0.25, -0.2) is 4.79 Å². The van der Waals surface area contributed by atoms with Crippen LogP contribution in [0.25, 0.3) is 10.9 Å². The number of rotatable bonds is 2. The van der Waals surface area contributed by atoms with E-state index in [0.29, 0.717) is 13.2 Å². The van der Waals surface area contributed by atoms with Crippen molar-refractivity contribution in [3.63, 3.8) is 0 Å². The molecule has 2 aromatic rings. The number of aliphatic carboxylic acids is 1. The second kappa shape index (κ2) is 3.96. The van der Waals surface area contributed by atoms with Crippen LogP contribution in [-0.4, -0.2) is 28.4 Å². The number of carboxylic acid groups (broad SMARTS) is 1. The molecule has 0 fully saturated rings. The van der Waals surface area contributed by atoms with Gasteiger partial charge in [0.1, 0.15) is 0 Å². The average Bonchev–Trinajstić information content (AvgIpc) is 2.75. The van der Waals surface area contributed by atoms with E-state index in [1.165, 1.54) is 6.07 Å². The van der Waals surface area contributed by atoms with Crippen LogP contribution < -0.4 is 0 Å². The summed E-state index contributed by atoms with van der Waals surface area (Å²) in [7, 11) is 0. The summed E-state index contributed by atoms with van der Waals surface area (Å²) in [5.41, 5.74) is 3.24. The van der Waals surface area contributed by atoms with Crippen molar-refractivity contribution in [2.45, 2.75) is 13.0 Å². The summed E-state index contributed by atoms with van der Waals surface area (Å²) in [5.74, 6) is -2.32. The van der Waals surface area contributed by atoms with E-state index in [2.05, 4.69) is 4.98 Å². The lowest BCUT2D eigenvalue weighted by molar-refractivity contribution is -0.131. The van der Waals surface area contributed by atoms with Crippen molar-refractivity contribution in [3.8, 4) is 0 Å². The van der Waals surface area contributed by atoms with Crippen LogP contribution in [0.2, 0.25) is 0 Å². The molecule has 0 amide bonds. The van der Waals surface area contributed by atoms with E-state index < -0.39 is 11.8 Å². The van der Waals surface area contributed by atoms with Gasteiger partial charge in [0.25, 0.3) is 5.78 Å². The van der Waals surface area contributed by atoms with Crippen LogP contribution in [-0.2, 0) is 22.6 Å². The van der Waals surface area contributed by atoms with Crippen LogP contribution in [0, 0.1) is 0 Å². The molecule has 1 aromatic heterocycles. The highest BCUT2D eigenvalue weighted by Crippen LogP contribution is 2.27. The molecule has 1 aliphatic rings. The number of carbonyl (C=O) groups excluding carboxylic acids is 1. The Labute approximate surface area is 102 Å². The van der Waals surface area contributed by atoms with Crippen molar-refractivity contribution in [3.05, 3.63) is 35.0 Å². The van der Waals surface area contributed by atoms with Crippen LogP contribution in [0.1, 0.15) is 21.6 Å². The molecule has 5 nitrogen and oxygen atoms in total. The lowest BCUT2D eigenvalue weighted by Crippen LogP contribution is -2.12. The van der Waals surface area contributed by atoms with E-state index in [1.807, 2.05) is 0 Å². The monoisotopic (exact) mass is 245 g/mol. The Morgan fingerprint density at radius 3 is 2.94 bits per heavy atom. The number of carboxylic acids is 1. The summed E-state index contributed by atoms with van der Waals surface area (Å²) in [6.07, 6.45) is 0.812. The van der Waals surface area contributed by atoms with E-state index in [4.69, 9.17) is 9.84 Å². The van der Waals surface area contributed by atoms with Crippen molar-refractivity contribution in [2.24, 2.45) is 0 Å². The summed E-state index contributed by atoms with van der Waals surface area (Å²) in [6, 6.07) is 4.89. The van der Waals surface area contributed by atoms with Crippen molar-refractivity contribution in [1.29, 1.82) is 0 Å². The highest BCUT2D eigenvalue weighted by molar-refractivity contribution is 6.40. The van der Waals surface area contributed by atoms with Gasteiger partial charge >= 0.3 is 5.97 Å². The smallest absolute Gasteiger partial charge is 0.377 e. The molecular formula is C13H11NO4. The predicted molar refractivity (Wildman–Crippen MR) is 63.6 cm³/mol. The van der Waals surface area contributed by atoms with E-state index in [-0.39, 0.29) is 5.56 Å². The Hall–Kier alpha value is -2.14. The number of aromatic amines is 1. The van der Waals surface area contributed by atoms with Gasteiger partial charge in [-0.15, -0.1) is 0 Å². The van der Waals surface area contributed by atoms with E-state index in [0.717, 1.165) is 28.6 Å². The Kier molecular flexibility index (Phi) is 2.41. The van der Waals surface area contributed by atoms with E-state index in [9.17, 15) is 9.59 Å². The summed E-state index contributed by atoms with van der Waals surface area (Å²) >= 11 is 0. The third kappa shape index (κ3) is 1.60. The number of Topliss-reactive ketones (excluding diaryl/α,β-unsaturated/α-hetero) is 1. The van der Waals surface area contributed by atoms with Crippen LogP contribution >= 0.6 is 0 Å². The molecule has 92 valence electrons. The first kappa shape index (κ1) is 11.0. The number of H-pyrrole nitrogens is 1. The van der Waals surface area contributed by atoms with Crippen LogP contribution in [0.3, 0.4) is 0 Å². The molecule has 1 aliphatic heterocycles. The quantitative estimate of drug-likeness (QED) is 0.620. The second-order valence-corrected chi connectivity index (χ2v) is 4.28. The van der Waals surface area contributed by atoms with Crippen molar-refractivity contribution < 1.29 is 19.4 Å². The highest BCUT2D eigenvalue weighted by atomic mass is 16.5. The molecule has 3 rings (SSSR count). The molecule has 0 bridgehead atoms. The van der Waals surface area contributed by atoms with Crippen LogP contribution in [0.15, 0.2) is 18.2 Å². The Morgan fingerprint density at radius 1 is 1.33 bits per heavy atom. The van der Waals surface area contributed by atoms with Gasteiger partial charge < -0.3 is 14.8 Å². The molecule has 0 spiro atoms. The highest BCUT2D eigenvalue weighted by Gasteiger charge is 2.19. The number of aromatic nitrogens is 1. The maximum atomic E-state index is 11.4. The first-order valence-corrected chi connectivity index (χ1v) is 5.65. The fraction of sp³-hybridized carbons (Fsp3) is 0.231. The zero-order valence-electron chi connectivity index (χ0n) is 9.53. The molecule has 0 radical (unpaired) electrons. The molecule has 2 N–H and O–H groups in total. The zero-order valence-corrected chi connectivity index (χ0v) is 9.53. The van der Waals surface area contributed by atoms with Gasteiger partial charge in [0, 0.05) is 34.1 Å². The molecule has 18 heavy (non-hydrogen) atoms. The molecule has 5 heteroatoms. The number of hydrogen-bond donors (Lipinski definition) is 2. The fourth-order valence-electron chi connectivity index (χ4n) is 2.29. The number of ketones is 1. The Morgan fingerprint density at radius 2 is 2.17 bits per heavy atom. The first-order chi connectivity index (χ1) is 8.66. The fourth-order valence-corrected chi connectivity index (χ4v) is 2.29. The maximum absolute atomic E-state index is 11.4. The molecule has 0 unspecified atom stereocenters. The number of ether oxygens (including phenoxy) is 1. The van der Waals surface area contributed by atoms with Crippen LogP contribution in [0.4, 0.5) is 0 Å². The lowest BCUT2D eigenvalue weighted by Gasteiger charge is -2.11. The molecule has 0 atom stereocenters. The molecule has 1 aromatic carbocycles. The number of carbonyl (C=O) groups is 2. The second-order valence-electron chi connectivity index (χ2n) is 4.28. The van der Waals surface area contributed by atoms with Gasteiger partial charge in [0.15, 0.2) is 0 Å². The maximum Gasteiger partial charge on any atom is 0.377 e. The molecular weight excluding hydrogens is 234 g/mol. The normalized spacial score (nSPS) is 14.4. The minimum Gasteiger partial charge on any atom is -0.475 e. The topological polar surface area (TPSA) is 79.4 Å². The Bertz CT molecular complexity index is 656. The summed E-state index contributed by atoms with van der Waals surface area (Å²) in [6.45, 7) is 1.18. The first-order valence-electron chi connectivity index (χ1n) is 5.65. The zero-order chi connectivity index (χ0) is 12.7. The minimum atomic E-state index is -1.44. The van der Waals surface area contributed by atoms with Gasteiger partial charge in [0.2, 0.25) is 0 Å². The van der Waals surface area contributed by atoms with Crippen molar-refractivity contribution in [1.82, 2.24) is 4.98 Å². The number of nitrogens with one attached hydrogen (secondary N) is 1. The largest absolute Gasteiger partial charge is 0.475 e. The molecule has 0 saturated carbocycles. The van der Waals surface area contributed by atoms with Gasteiger partial charge in [-0.1, -0.05) is 0 Å². The van der Waals surface area contributed by atoms with Gasteiger partial charge in [-0.05, 0) is 18.2 Å². The minimum absolute atomic E-state index is 0.197. The standard InChI is InChI=1S/C13H11NO4/c15-12(13(16)17)7-1-2-10-8(5-7)9-6-18-4-3-11(9)14-10/h1-2,5,14H,3-4,6H2,(H,16,17). The molecule has 2 heterocycles. The summed E-state index contributed by atoms with van der Waals surface area (Å²) < 4.78 is 5.39. The van der Waals surface area contributed by atoms with Gasteiger partial charge in [-0.3, -0.25) is 4.79 Å². The summed E-state index contributed by atoms with van der Waals surface area (Å²) in [5, 5.41) is 9.59. The number of fused-ring (bicyclic) bond motifs is 3. The van der Waals surface area contributed by atoms with Crippen molar-refractivity contribution >= 4 is 22.7 Å². The summed E-state index contributed by atoms with van der Waals surface area (Å²) in [4.78, 5) is 25.4. The third-order valence-corrected chi connectivity index (χ3v) is 3.19. The SMILES string of the molecule is O=C(O)C(=O)c1ccc2[nH]c3c(c2c1)COCC3. The molecule has 0 saturated heterocycles.